The zero-order valence-electron chi connectivity index (χ0n) is 17.7. The van der Waals surface area contributed by atoms with Crippen LogP contribution in [0.3, 0.4) is 0 Å². The summed E-state index contributed by atoms with van der Waals surface area (Å²) in [5.74, 6) is -1.66. The van der Waals surface area contributed by atoms with Gasteiger partial charge < -0.3 is 24.7 Å². The molecule has 2 N–H and O–H groups in total. The highest BCUT2D eigenvalue weighted by Gasteiger charge is 2.51. The van der Waals surface area contributed by atoms with Crippen LogP contribution in [-0.2, 0) is 9.53 Å². The van der Waals surface area contributed by atoms with Crippen molar-refractivity contribution < 1.29 is 27.9 Å². The molecule has 1 saturated carbocycles. The third-order valence-corrected chi connectivity index (χ3v) is 6.08. The molecule has 1 aromatic carbocycles. The number of nitrogens with one attached hydrogen (secondary N) is 2. The SMILES string of the molecule is COC(=O)c1c(F)cccc1N1CCC(CNC(=O)C2(NC(=O)c3cnco3)CC2)CC1. The number of aromatic nitrogens is 1. The van der Waals surface area contributed by atoms with Gasteiger partial charge in [-0.15, -0.1) is 0 Å². The predicted molar refractivity (Wildman–Crippen MR) is 112 cm³/mol. The Labute approximate surface area is 184 Å². The van der Waals surface area contributed by atoms with Crippen molar-refractivity contribution in [3.05, 3.63) is 47.9 Å². The highest BCUT2D eigenvalue weighted by atomic mass is 19.1. The number of amides is 2. The van der Waals surface area contributed by atoms with Crippen molar-refractivity contribution in [2.75, 3.05) is 31.6 Å². The summed E-state index contributed by atoms with van der Waals surface area (Å²) >= 11 is 0. The molecule has 0 spiro atoms. The minimum absolute atomic E-state index is 0.0556. The largest absolute Gasteiger partial charge is 0.465 e. The zero-order valence-corrected chi connectivity index (χ0v) is 17.7. The van der Waals surface area contributed by atoms with Crippen molar-refractivity contribution in [2.24, 2.45) is 5.92 Å². The van der Waals surface area contributed by atoms with Crippen LogP contribution in [-0.4, -0.2) is 55.1 Å². The van der Waals surface area contributed by atoms with Crippen LogP contribution in [0.25, 0.3) is 0 Å². The summed E-state index contributed by atoms with van der Waals surface area (Å²) in [4.78, 5) is 42.5. The fourth-order valence-electron chi connectivity index (χ4n) is 4.01. The number of halogens is 1. The summed E-state index contributed by atoms with van der Waals surface area (Å²) in [6.07, 6.45) is 5.17. The van der Waals surface area contributed by atoms with Gasteiger partial charge in [0.25, 0.3) is 5.91 Å². The van der Waals surface area contributed by atoms with E-state index in [4.69, 9.17) is 9.15 Å². The molecule has 1 aromatic heterocycles. The first-order valence-electron chi connectivity index (χ1n) is 10.5. The number of carbonyl (C=O) groups excluding carboxylic acids is 3. The first kappa shape index (κ1) is 21.8. The zero-order chi connectivity index (χ0) is 22.7. The van der Waals surface area contributed by atoms with Crippen molar-refractivity contribution >= 4 is 23.5 Å². The topological polar surface area (TPSA) is 114 Å². The highest BCUT2D eigenvalue weighted by molar-refractivity contribution is 5.99. The predicted octanol–water partition coefficient (Wildman–Crippen LogP) is 1.90. The molecule has 2 heterocycles. The molecule has 2 aromatic rings. The molecule has 0 bridgehead atoms. The number of rotatable bonds is 7. The molecule has 1 aliphatic heterocycles. The number of methoxy groups -OCH3 is 1. The van der Waals surface area contributed by atoms with Gasteiger partial charge in [-0.25, -0.2) is 14.2 Å². The van der Waals surface area contributed by atoms with Crippen LogP contribution in [0.15, 0.2) is 35.2 Å². The van der Waals surface area contributed by atoms with E-state index >= 15 is 0 Å². The van der Waals surface area contributed by atoms with Crippen LogP contribution in [0.4, 0.5) is 10.1 Å². The lowest BCUT2D eigenvalue weighted by molar-refractivity contribution is -0.124. The number of hydrogen-bond acceptors (Lipinski definition) is 7. The Morgan fingerprint density at radius 2 is 2.03 bits per heavy atom. The maximum Gasteiger partial charge on any atom is 0.342 e. The summed E-state index contributed by atoms with van der Waals surface area (Å²) in [6, 6.07) is 4.53. The van der Waals surface area contributed by atoms with Gasteiger partial charge in [0.15, 0.2) is 6.39 Å². The first-order valence-corrected chi connectivity index (χ1v) is 10.5. The smallest absolute Gasteiger partial charge is 0.342 e. The maximum absolute atomic E-state index is 14.2. The number of benzene rings is 1. The summed E-state index contributed by atoms with van der Waals surface area (Å²) in [5.41, 5.74) is -0.423. The van der Waals surface area contributed by atoms with E-state index in [9.17, 15) is 18.8 Å². The molecule has 10 heteroatoms. The highest BCUT2D eigenvalue weighted by Crippen LogP contribution is 2.36. The number of nitrogens with zero attached hydrogens (tertiary/aromatic N) is 2. The van der Waals surface area contributed by atoms with Gasteiger partial charge >= 0.3 is 5.97 Å². The van der Waals surface area contributed by atoms with Crippen LogP contribution in [0, 0.1) is 11.7 Å². The van der Waals surface area contributed by atoms with E-state index in [1.54, 1.807) is 12.1 Å². The standard InChI is InChI=1S/C22H25FN4O5/c1-31-20(29)18-15(23)3-2-4-16(18)27-9-5-14(6-10-27)11-25-21(30)22(7-8-22)26-19(28)17-12-24-13-32-17/h2-4,12-14H,5-11H2,1H3,(H,25,30)(H,26,28). The summed E-state index contributed by atoms with van der Waals surface area (Å²) in [7, 11) is 1.23. The summed E-state index contributed by atoms with van der Waals surface area (Å²) in [6.45, 7) is 1.74. The fraction of sp³-hybridized carbons (Fsp3) is 0.455. The van der Waals surface area contributed by atoms with Crippen molar-refractivity contribution in [1.29, 1.82) is 0 Å². The average molecular weight is 444 g/mol. The average Bonchev–Trinajstić information content (AvgIpc) is 3.37. The lowest BCUT2D eigenvalue weighted by atomic mass is 9.95. The monoisotopic (exact) mass is 444 g/mol. The van der Waals surface area contributed by atoms with Crippen LogP contribution in [0.5, 0.6) is 0 Å². The summed E-state index contributed by atoms with van der Waals surface area (Å²) in [5, 5.41) is 5.70. The van der Waals surface area contributed by atoms with E-state index in [0.29, 0.717) is 38.2 Å². The second-order valence-corrected chi connectivity index (χ2v) is 8.17. The molecule has 4 rings (SSSR count). The van der Waals surface area contributed by atoms with Gasteiger partial charge in [-0.1, -0.05) is 6.07 Å². The summed E-state index contributed by atoms with van der Waals surface area (Å²) < 4.78 is 23.9. The number of piperidine rings is 1. The lowest BCUT2D eigenvalue weighted by Gasteiger charge is -2.34. The number of carbonyl (C=O) groups is 3. The molecule has 0 unspecified atom stereocenters. The Morgan fingerprint density at radius 1 is 1.28 bits per heavy atom. The third-order valence-electron chi connectivity index (χ3n) is 6.08. The minimum atomic E-state index is -0.887. The van der Waals surface area contributed by atoms with Gasteiger partial charge in [-0.3, -0.25) is 9.59 Å². The van der Waals surface area contributed by atoms with Gasteiger partial charge in [0.2, 0.25) is 11.7 Å². The van der Waals surface area contributed by atoms with Gasteiger partial charge in [0, 0.05) is 19.6 Å². The molecule has 0 atom stereocenters. The van der Waals surface area contributed by atoms with Crippen LogP contribution >= 0.6 is 0 Å². The molecule has 0 radical (unpaired) electrons. The van der Waals surface area contributed by atoms with Crippen molar-refractivity contribution in [3.63, 3.8) is 0 Å². The lowest BCUT2D eigenvalue weighted by Crippen LogP contribution is -2.50. The molecule has 2 amide bonds. The fourth-order valence-corrected chi connectivity index (χ4v) is 4.01. The Hall–Kier alpha value is -3.43. The van der Waals surface area contributed by atoms with Crippen molar-refractivity contribution in [2.45, 2.75) is 31.2 Å². The van der Waals surface area contributed by atoms with Crippen molar-refractivity contribution in [1.82, 2.24) is 15.6 Å². The number of hydrogen-bond donors (Lipinski definition) is 2. The minimum Gasteiger partial charge on any atom is -0.465 e. The van der Waals surface area contributed by atoms with E-state index in [2.05, 4.69) is 15.6 Å². The van der Waals surface area contributed by atoms with Gasteiger partial charge in [-0.05, 0) is 43.7 Å². The number of anilines is 1. The van der Waals surface area contributed by atoms with Gasteiger partial charge in [-0.2, -0.15) is 0 Å². The number of oxazole rings is 1. The molecule has 32 heavy (non-hydrogen) atoms. The first-order chi connectivity index (χ1) is 15.4. The second-order valence-electron chi connectivity index (χ2n) is 8.17. The Bertz CT molecular complexity index is 998. The van der Waals surface area contributed by atoms with Crippen LogP contribution in [0.1, 0.15) is 46.6 Å². The Balaban J connectivity index is 1.29. The van der Waals surface area contributed by atoms with Crippen molar-refractivity contribution in [3.8, 4) is 0 Å². The molecular formula is C22H25FN4O5. The van der Waals surface area contributed by atoms with Gasteiger partial charge in [0.05, 0.1) is 19.0 Å². The molecule has 2 aliphatic rings. The molecule has 2 fully saturated rings. The van der Waals surface area contributed by atoms with Crippen LogP contribution in [0.2, 0.25) is 0 Å². The molecule has 9 nitrogen and oxygen atoms in total. The van der Waals surface area contributed by atoms with E-state index in [0.717, 1.165) is 12.8 Å². The normalized spacial score (nSPS) is 17.5. The van der Waals surface area contributed by atoms with E-state index in [-0.39, 0.29) is 23.1 Å². The quantitative estimate of drug-likeness (QED) is 0.627. The maximum atomic E-state index is 14.2. The Morgan fingerprint density at radius 3 is 2.66 bits per heavy atom. The second kappa shape index (κ2) is 8.97. The molecule has 1 saturated heterocycles. The molecular weight excluding hydrogens is 419 g/mol. The molecule has 1 aliphatic carbocycles. The van der Waals surface area contributed by atoms with Crippen LogP contribution < -0.4 is 15.5 Å². The van der Waals surface area contributed by atoms with E-state index in [1.807, 2.05) is 4.90 Å². The number of esters is 1. The van der Waals surface area contributed by atoms with Gasteiger partial charge in [0.1, 0.15) is 16.9 Å². The Kier molecular flexibility index (Phi) is 6.11. The molecule has 170 valence electrons. The third kappa shape index (κ3) is 4.44. The van der Waals surface area contributed by atoms with E-state index < -0.39 is 23.2 Å². The van der Waals surface area contributed by atoms with E-state index in [1.165, 1.54) is 25.8 Å². The number of ether oxygens (including phenoxy) is 1.